The van der Waals surface area contributed by atoms with E-state index in [1.807, 2.05) is 13.8 Å². The summed E-state index contributed by atoms with van der Waals surface area (Å²) in [5.41, 5.74) is 0.311. The second-order valence-electron chi connectivity index (χ2n) is 6.26. The van der Waals surface area contributed by atoms with Crippen LogP contribution < -0.4 is 10.2 Å². The van der Waals surface area contributed by atoms with Gasteiger partial charge in [-0.1, -0.05) is 18.5 Å². The monoisotopic (exact) mass is 338 g/mol. The number of anilines is 1. The molecule has 2 atom stereocenters. The summed E-state index contributed by atoms with van der Waals surface area (Å²) >= 11 is 5.86. The minimum Gasteiger partial charge on any atom is -0.396 e. The lowest BCUT2D eigenvalue weighted by atomic mass is 9.93. The lowest BCUT2D eigenvalue weighted by Gasteiger charge is -2.30. The number of aliphatic hydroxyl groups excluding tert-OH is 1. The van der Waals surface area contributed by atoms with Crippen LogP contribution in [0.15, 0.2) is 24.3 Å². The number of amides is 2. The second-order valence-corrected chi connectivity index (χ2v) is 6.70. The van der Waals surface area contributed by atoms with Crippen molar-refractivity contribution in [3.05, 3.63) is 29.3 Å². The first-order valence-electron chi connectivity index (χ1n) is 7.87. The van der Waals surface area contributed by atoms with Gasteiger partial charge in [-0.15, -0.1) is 0 Å². The zero-order valence-electron chi connectivity index (χ0n) is 13.5. The maximum absolute atomic E-state index is 12.5. The number of nitrogens with zero attached hydrogens (tertiary/aromatic N) is 1. The van der Waals surface area contributed by atoms with E-state index in [-0.39, 0.29) is 30.8 Å². The molecular weight excluding hydrogens is 316 g/mol. The number of rotatable bonds is 6. The zero-order chi connectivity index (χ0) is 17.0. The third kappa shape index (κ3) is 4.24. The van der Waals surface area contributed by atoms with Gasteiger partial charge in [0.2, 0.25) is 11.8 Å². The van der Waals surface area contributed by atoms with Crippen LogP contribution in [-0.2, 0) is 9.59 Å². The molecule has 1 saturated heterocycles. The van der Waals surface area contributed by atoms with Crippen molar-refractivity contribution in [2.24, 2.45) is 5.92 Å². The van der Waals surface area contributed by atoms with Crippen molar-refractivity contribution in [3.63, 3.8) is 0 Å². The smallest absolute Gasteiger partial charge is 0.227 e. The Balaban J connectivity index is 2.04. The number of benzene rings is 1. The number of hydrogen-bond acceptors (Lipinski definition) is 3. The predicted molar refractivity (Wildman–Crippen MR) is 90.5 cm³/mol. The molecule has 0 aliphatic carbocycles. The Kier molecular flexibility index (Phi) is 5.65. The highest BCUT2D eigenvalue weighted by Crippen LogP contribution is 2.27. The summed E-state index contributed by atoms with van der Waals surface area (Å²) in [5, 5.41) is 12.7. The summed E-state index contributed by atoms with van der Waals surface area (Å²) in [7, 11) is 0. The zero-order valence-corrected chi connectivity index (χ0v) is 14.3. The standard InChI is InChI=1S/C17H23ClN2O3/c1-3-17(2,8-9-21)19-16(23)12-10-15(22)20(11-12)14-6-4-13(18)5-7-14/h4-7,12,21H,3,8-11H2,1-2H3,(H,19,23). The van der Waals surface area contributed by atoms with Crippen LogP contribution in [0, 0.1) is 5.92 Å². The highest BCUT2D eigenvalue weighted by molar-refractivity contribution is 6.30. The van der Waals surface area contributed by atoms with Crippen LogP contribution in [0.5, 0.6) is 0 Å². The quantitative estimate of drug-likeness (QED) is 0.836. The Hall–Kier alpha value is -1.59. The van der Waals surface area contributed by atoms with E-state index in [4.69, 9.17) is 16.7 Å². The lowest BCUT2D eigenvalue weighted by Crippen LogP contribution is -2.48. The second kappa shape index (κ2) is 7.32. The summed E-state index contributed by atoms with van der Waals surface area (Å²) in [6, 6.07) is 7.02. The van der Waals surface area contributed by atoms with Crippen LogP contribution in [0.3, 0.4) is 0 Å². The molecule has 2 N–H and O–H groups in total. The van der Waals surface area contributed by atoms with E-state index in [0.29, 0.717) is 18.0 Å². The van der Waals surface area contributed by atoms with Gasteiger partial charge in [-0.2, -0.15) is 0 Å². The van der Waals surface area contributed by atoms with Gasteiger partial charge in [-0.25, -0.2) is 0 Å². The van der Waals surface area contributed by atoms with Crippen LogP contribution in [0.2, 0.25) is 5.02 Å². The van der Waals surface area contributed by atoms with Gasteiger partial charge in [0.15, 0.2) is 0 Å². The van der Waals surface area contributed by atoms with Gasteiger partial charge in [0.25, 0.3) is 0 Å². The van der Waals surface area contributed by atoms with Gasteiger partial charge in [0.05, 0.1) is 5.92 Å². The molecule has 0 aromatic heterocycles. The molecule has 1 aromatic rings. The van der Waals surface area contributed by atoms with E-state index in [2.05, 4.69) is 5.32 Å². The van der Waals surface area contributed by atoms with Gasteiger partial charge in [0.1, 0.15) is 0 Å². The Morgan fingerprint density at radius 2 is 2.09 bits per heavy atom. The SMILES string of the molecule is CCC(C)(CCO)NC(=O)C1CC(=O)N(c2ccc(Cl)cc2)C1. The lowest BCUT2D eigenvalue weighted by molar-refractivity contribution is -0.128. The van der Waals surface area contributed by atoms with Gasteiger partial charge >= 0.3 is 0 Å². The first-order valence-corrected chi connectivity index (χ1v) is 8.25. The molecule has 1 aromatic carbocycles. The molecule has 2 unspecified atom stereocenters. The van der Waals surface area contributed by atoms with Crippen molar-refractivity contribution in [1.82, 2.24) is 5.32 Å². The van der Waals surface area contributed by atoms with Crippen LogP contribution >= 0.6 is 11.6 Å². The maximum Gasteiger partial charge on any atom is 0.227 e. The summed E-state index contributed by atoms with van der Waals surface area (Å²) in [6.45, 7) is 4.26. The van der Waals surface area contributed by atoms with Crippen molar-refractivity contribution >= 4 is 29.1 Å². The van der Waals surface area contributed by atoms with Crippen LogP contribution in [0.4, 0.5) is 5.69 Å². The normalized spacial score (nSPS) is 20.4. The number of hydrogen-bond donors (Lipinski definition) is 2. The average Bonchev–Trinajstić information content (AvgIpc) is 2.90. The fourth-order valence-electron chi connectivity index (χ4n) is 2.73. The molecule has 0 spiro atoms. The third-order valence-electron chi connectivity index (χ3n) is 4.50. The number of halogens is 1. The molecule has 1 fully saturated rings. The molecule has 126 valence electrons. The highest BCUT2D eigenvalue weighted by Gasteiger charge is 2.37. The van der Waals surface area contributed by atoms with Crippen molar-refractivity contribution in [2.75, 3.05) is 18.1 Å². The van der Waals surface area contributed by atoms with Crippen molar-refractivity contribution in [2.45, 2.75) is 38.6 Å². The molecule has 1 aliphatic rings. The predicted octanol–water partition coefficient (Wildman–Crippen LogP) is 2.36. The fourth-order valence-corrected chi connectivity index (χ4v) is 2.85. The number of aliphatic hydroxyl groups is 1. The summed E-state index contributed by atoms with van der Waals surface area (Å²) < 4.78 is 0. The Morgan fingerprint density at radius 1 is 1.43 bits per heavy atom. The van der Waals surface area contributed by atoms with Crippen molar-refractivity contribution in [1.29, 1.82) is 0 Å². The molecule has 0 bridgehead atoms. The van der Waals surface area contributed by atoms with Gasteiger partial charge < -0.3 is 15.3 Å². The number of carbonyl (C=O) groups is 2. The molecule has 6 heteroatoms. The highest BCUT2D eigenvalue weighted by atomic mass is 35.5. The molecule has 23 heavy (non-hydrogen) atoms. The largest absolute Gasteiger partial charge is 0.396 e. The van der Waals surface area contributed by atoms with Crippen LogP contribution in [0.1, 0.15) is 33.1 Å². The Bertz CT molecular complexity index is 576. The van der Waals surface area contributed by atoms with E-state index in [1.54, 1.807) is 29.2 Å². The van der Waals surface area contributed by atoms with Crippen LogP contribution in [-0.4, -0.2) is 35.6 Å². The molecule has 2 rings (SSSR count). The molecule has 0 radical (unpaired) electrons. The van der Waals surface area contributed by atoms with Gasteiger partial charge in [0, 0.05) is 35.8 Å². The van der Waals surface area contributed by atoms with Crippen LogP contribution in [0.25, 0.3) is 0 Å². The van der Waals surface area contributed by atoms with E-state index in [9.17, 15) is 9.59 Å². The molecule has 2 amide bonds. The molecule has 5 nitrogen and oxygen atoms in total. The molecule has 1 aliphatic heterocycles. The molecule has 1 heterocycles. The van der Waals surface area contributed by atoms with E-state index >= 15 is 0 Å². The average molecular weight is 339 g/mol. The van der Waals surface area contributed by atoms with Gasteiger partial charge in [-0.05, 0) is 44.0 Å². The first-order chi connectivity index (χ1) is 10.9. The number of carbonyl (C=O) groups excluding carboxylic acids is 2. The fraction of sp³-hybridized carbons (Fsp3) is 0.529. The summed E-state index contributed by atoms with van der Waals surface area (Å²) in [6.07, 6.45) is 1.42. The van der Waals surface area contributed by atoms with E-state index in [0.717, 1.165) is 12.1 Å². The minimum absolute atomic E-state index is 0.0190. The van der Waals surface area contributed by atoms with Crippen molar-refractivity contribution in [3.8, 4) is 0 Å². The van der Waals surface area contributed by atoms with Crippen molar-refractivity contribution < 1.29 is 14.7 Å². The first kappa shape index (κ1) is 17.8. The third-order valence-corrected chi connectivity index (χ3v) is 4.75. The molecular formula is C17H23ClN2O3. The van der Waals surface area contributed by atoms with E-state index in [1.165, 1.54) is 0 Å². The summed E-state index contributed by atoms with van der Waals surface area (Å²) in [5.74, 6) is -0.566. The van der Waals surface area contributed by atoms with Gasteiger partial charge in [-0.3, -0.25) is 9.59 Å². The molecule has 0 saturated carbocycles. The minimum atomic E-state index is -0.442. The Labute approximate surface area is 141 Å². The Morgan fingerprint density at radius 3 is 2.65 bits per heavy atom. The topological polar surface area (TPSA) is 69.6 Å². The maximum atomic E-state index is 12.5. The number of nitrogens with one attached hydrogen (secondary N) is 1. The summed E-state index contributed by atoms with van der Waals surface area (Å²) in [4.78, 5) is 26.3. The van der Waals surface area contributed by atoms with E-state index < -0.39 is 5.54 Å².